The Kier molecular flexibility index (Phi) is 5.62. The number of amides is 1. The number of rotatable bonds is 5. The Hall–Kier alpha value is -1.10. The van der Waals surface area contributed by atoms with E-state index in [4.69, 9.17) is 0 Å². The lowest BCUT2D eigenvalue weighted by Gasteiger charge is -2.28. The number of carboxylic acid groups (broad SMARTS) is 1. The second kappa shape index (κ2) is 7.25. The molecule has 0 spiro atoms. The van der Waals surface area contributed by atoms with E-state index in [1.165, 1.54) is 0 Å². The van der Waals surface area contributed by atoms with Crippen LogP contribution in [0.5, 0.6) is 0 Å². The van der Waals surface area contributed by atoms with Gasteiger partial charge in [-0.3, -0.25) is 9.59 Å². The molecule has 2 N–H and O–H groups in total. The summed E-state index contributed by atoms with van der Waals surface area (Å²) in [6.07, 6.45) is 4.36. The molecule has 0 aromatic carbocycles. The zero-order chi connectivity index (χ0) is 15.4. The first-order valence-electron chi connectivity index (χ1n) is 8.23. The number of likely N-dealkylation sites (tertiary alicyclic amines) is 1. The van der Waals surface area contributed by atoms with Gasteiger partial charge in [0.25, 0.3) is 0 Å². The number of hydrogen-bond acceptors (Lipinski definition) is 3. The van der Waals surface area contributed by atoms with Gasteiger partial charge < -0.3 is 15.3 Å². The molecule has 1 heterocycles. The van der Waals surface area contributed by atoms with E-state index in [0.29, 0.717) is 31.3 Å². The second-order valence-electron chi connectivity index (χ2n) is 6.82. The van der Waals surface area contributed by atoms with E-state index in [9.17, 15) is 14.7 Å². The lowest BCUT2D eigenvalue weighted by molar-refractivity contribution is -0.148. The highest BCUT2D eigenvalue weighted by atomic mass is 16.4. The van der Waals surface area contributed by atoms with Gasteiger partial charge in [-0.25, -0.2) is 0 Å². The largest absolute Gasteiger partial charge is 0.481 e. The van der Waals surface area contributed by atoms with Crippen molar-refractivity contribution in [3.05, 3.63) is 0 Å². The summed E-state index contributed by atoms with van der Waals surface area (Å²) in [5, 5.41) is 12.3. The number of hydrogen-bond donors (Lipinski definition) is 2. The topological polar surface area (TPSA) is 69.6 Å². The predicted molar refractivity (Wildman–Crippen MR) is 80.9 cm³/mol. The summed E-state index contributed by atoms with van der Waals surface area (Å²) in [6.45, 7) is 7.20. The lowest BCUT2D eigenvalue weighted by Crippen LogP contribution is -2.41. The van der Waals surface area contributed by atoms with Gasteiger partial charge in [0.2, 0.25) is 5.91 Å². The highest BCUT2D eigenvalue weighted by Gasteiger charge is 2.36. The van der Waals surface area contributed by atoms with E-state index in [-0.39, 0.29) is 11.8 Å². The SMILES string of the molecule is CC(C)N1CCC(CNC(=O)C2CCCCC2C(=O)O)C1. The molecule has 1 aliphatic heterocycles. The fourth-order valence-electron chi connectivity index (χ4n) is 3.61. The third-order valence-electron chi connectivity index (χ3n) is 5.03. The average Bonchev–Trinajstić information content (AvgIpc) is 2.94. The quantitative estimate of drug-likeness (QED) is 0.810. The Morgan fingerprint density at radius 1 is 1.19 bits per heavy atom. The molecular weight excluding hydrogens is 268 g/mol. The third kappa shape index (κ3) is 4.19. The number of carbonyl (C=O) groups excluding carboxylic acids is 1. The van der Waals surface area contributed by atoms with Crippen LogP contribution in [0.4, 0.5) is 0 Å². The van der Waals surface area contributed by atoms with Crippen LogP contribution < -0.4 is 5.32 Å². The Morgan fingerprint density at radius 3 is 2.43 bits per heavy atom. The van der Waals surface area contributed by atoms with Crippen LogP contribution in [-0.4, -0.2) is 47.6 Å². The maximum absolute atomic E-state index is 12.3. The van der Waals surface area contributed by atoms with Crippen molar-refractivity contribution >= 4 is 11.9 Å². The standard InChI is InChI=1S/C16H28N2O3/c1-11(2)18-8-7-12(10-18)9-17-15(19)13-5-3-4-6-14(13)16(20)21/h11-14H,3-10H2,1-2H3,(H,17,19)(H,20,21). The number of nitrogens with one attached hydrogen (secondary N) is 1. The fourth-order valence-corrected chi connectivity index (χ4v) is 3.61. The van der Waals surface area contributed by atoms with Crippen molar-refractivity contribution in [1.29, 1.82) is 0 Å². The smallest absolute Gasteiger partial charge is 0.307 e. The van der Waals surface area contributed by atoms with Gasteiger partial charge >= 0.3 is 5.97 Å². The molecule has 2 fully saturated rings. The maximum Gasteiger partial charge on any atom is 0.307 e. The minimum atomic E-state index is -0.818. The molecule has 0 aromatic heterocycles. The highest BCUT2D eigenvalue weighted by molar-refractivity contribution is 5.84. The van der Waals surface area contributed by atoms with E-state index in [2.05, 4.69) is 24.1 Å². The Morgan fingerprint density at radius 2 is 1.86 bits per heavy atom. The third-order valence-corrected chi connectivity index (χ3v) is 5.03. The van der Waals surface area contributed by atoms with Gasteiger partial charge in [-0.2, -0.15) is 0 Å². The summed E-state index contributed by atoms with van der Waals surface area (Å²) in [5.41, 5.74) is 0. The molecular formula is C16H28N2O3. The molecule has 5 nitrogen and oxygen atoms in total. The van der Waals surface area contributed by atoms with Gasteiger partial charge in [0.1, 0.15) is 0 Å². The summed E-state index contributed by atoms with van der Waals surface area (Å²) in [6, 6.07) is 0.556. The van der Waals surface area contributed by atoms with Crippen molar-refractivity contribution in [2.24, 2.45) is 17.8 Å². The van der Waals surface area contributed by atoms with E-state index in [0.717, 1.165) is 32.4 Å². The normalized spacial score (nSPS) is 30.5. The second-order valence-corrected chi connectivity index (χ2v) is 6.82. The molecule has 0 aromatic rings. The number of carbonyl (C=O) groups is 2. The summed E-state index contributed by atoms with van der Waals surface area (Å²) < 4.78 is 0. The van der Waals surface area contributed by atoms with Gasteiger partial charge in [-0.05, 0) is 45.6 Å². The van der Waals surface area contributed by atoms with Gasteiger partial charge in [-0.15, -0.1) is 0 Å². The monoisotopic (exact) mass is 296 g/mol. The van der Waals surface area contributed by atoms with Crippen LogP contribution in [0.25, 0.3) is 0 Å². The molecule has 120 valence electrons. The van der Waals surface area contributed by atoms with Crippen LogP contribution in [0.2, 0.25) is 0 Å². The first kappa shape index (κ1) is 16.3. The molecule has 3 unspecified atom stereocenters. The van der Waals surface area contributed by atoms with E-state index < -0.39 is 11.9 Å². The van der Waals surface area contributed by atoms with Crippen LogP contribution in [0.3, 0.4) is 0 Å². The molecule has 5 heteroatoms. The molecule has 1 amide bonds. The molecule has 0 bridgehead atoms. The van der Waals surface area contributed by atoms with Crippen molar-refractivity contribution in [2.45, 2.75) is 52.0 Å². The minimum Gasteiger partial charge on any atom is -0.481 e. The minimum absolute atomic E-state index is 0.0508. The molecule has 1 aliphatic carbocycles. The molecule has 21 heavy (non-hydrogen) atoms. The maximum atomic E-state index is 12.3. The fraction of sp³-hybridized carbons (Fsp3) is 0.875. The van der Waals surface area contributed by atoms with Crippen molar-refractivity contribution in [3.63, 3.8) is 0 Å². The molecule has 2 rings (SSSR count). The molecule has 0 radical (unpaired) electrons. The number of carboxylic acids is 1. The van der Waals surface area contributed by atoms with Gasteiger partial charge in [-0.1, -0.05) is 12.8 Å². The zero-order valence-electron chi connectivity index (χ0n) is 13.2. The molecule has 2 aliphatic rings. The van der Waals surface area contributed by atoms with E-state index >= 15 is 0 Å². The molecule has 1 saturated carbocycles. The van der Waals surface area contributed by atoms with Gasteiger partial charge in [0.15, 0.2) is 0 Å². The van der Waals surface area contributed by atoms with Crippen molar-refractivity contribution in [3.8, 4) is 0 Å². The van der Waals surface area contributed by atoms with Crippen LogP contribution in [0, 0.1) is 17.8 Å². The molecule has 3 atom stereocenters. The molecule has 1 saturated heterocycles. The number of aliphatic carboxylic acids is 1. The Bertz CT molecular complexity index is 384. The first-order chi connectivity index (χ1) is 9.99. The summed E-state index contributed by atoms with van der Waals surface area (Å²) in [7, 11) is 0. The number of nitrogens with zero attached hydrogens (tertiary/aromatic N) is 1. The Labute approximate surface area is 127 Å². The van der Waals surface area contributed by atoms with Gasteiger partial charge in [0, 0.05) is 19.1 Å². The highest BCUT2D eigenvalue weighted by Crippen LogP contribution is 2.30. The van der Waals surface area contributed by atoms with Crippen LogP contribution in [0.1, 0.15) is 46.0 Å². The predicted octanol–water partition coefficient (Wildman–Crippen LogP) is 1.72. The summed E-state index contributed by atoms with van der Waals surface area (Å²) >= 11 is 0. The van der Waals surface area contributed by atoms with Crippen molar-refractivity contribution in [2.75, 3.05) is 19.6 Å². The van der Waals surface area contributed by atoms with Gasteiger partial charge in [0.05, 0.1) is 11.8 Å². The lowest BCUT2D eigenvalue weighted by atomic mass is 9.78. The van der Waals surface area contributed by atoms with Crippen LogP contribution in [0.15, 0.2) is 0 Å². The summed E-state index contributed by atoms with van der Waals surface area (Å²) in [5.74, 6) is -1.19. The van der Waals surface area contributed by atoms with E-state index in [1.807, 2.05) is 0 Å². The summed E-state index contributed by atoms with van der Waals surface area (Å²) in [4.78, 5) is 26.0. The van der Waals surface area contributed by atoms with Crippen LogP contribution >= 0.6 is 0 Å². The van der Waals surface area contributed by atoms with E-state index in [1.54, 1.807) is 0 Å². The average molecular weight is 296 g/mol. The zero-order valence-corrected chi connectivity index (χ0v) is 13.2. The Balaban J connectivity index is 1.80. The van der Waals surface area contributed by atoms with Crippen molar-refractivity contribution in [1.82, 2.24) is 10.2 Å². The van der Waals surface area contributed by atoms with Crippen molar-refractivity contribution < 1.29 is 14.7 Å². The van der Waals surface area contributed by atoms with Crippen LogP contribution in [-0.2, 0) is 9.59 Å². The first-order valence-corrected chi connectivity index (χ1v) is 8.23.